The van der Waals surface area contributed by atoms with Crippen LogP contribution in [0.4, 0.5) is 0 Å². The summed E-state index contributed by atoms with van der Waals surface area (Å²) in [4.78, 5) is 6.49. The van der Waals surface area contributed by atoms with Gasteiger partial charge in [0.05, 0.1) is 11.6 Å². The van der Waals surface area contributed by atoms with E-state index >= 15 is 0 Å². The molecule has 1 aliphatic heterocycles. The van der Waals surface area contributed by atoms with Gasteiger partial charge in [-0.3, -0.25) is 0 Å². The average molecular weight is 369 g/mol. The molecule has 5 nitrogen and oxygen atoms in total. The van der Waals surface area contributed by atoms with Gasteiger partial charge in [-0.2, -0.15) is 0 Å². The first-order valence-electron chi connectivity index (χ1n) is 7.51. The number of rotatable bonds is 3. The van der Waals surface area contributed by atoms with E-state index < -0.39 is 12.0 Å². The number of halogens is 1. The SMILES string of the molecule is CC(C)(C)OC(O)N1CCC[C@H]1c1nc2cc(Br)ccc2o1. The summed E-state index contributed by atoms with van der Waals surface area (Å²) in [5.74, 6) is 0.641. The highest BCUT2D eigenvalue weighted by Crippen LogP contribution is 2.35. The number of nitrogens with zero attached hydrogens (tertiary/aromatic N) is 2. The van der Waals surface area contributed by atoms with Crippen LogP contribution in [0.1, 0.15) is 45.5 Å². The second-order valence-corrected chi connectivity index (χ2v) is 7.53. The maximum absolute atomic E-state index is 10.4. The minimum Gasteiger partial charge on any atom is -0.439 e. The van der Waals surface area contributed by atoms with E-state index in [1.807, 2.05) is 43.9 Å². The van der Waals surface area contributed by atoms with Crippen LogP contribution in [0.3, 0.4) is 0 Å². The predicted molar refractivity (Wildman–Crippen MR) is 87.2 cm³/mol. The molecule has 1 aromatic carbocycles. The summed E-state index contributed by atoms with van der Waals surface area (Å²) in [5, 5.41) is 10.4. The molecule has 1 saturated heterocycles. The van der Waals surface area contributed by atoms with Gasteiger partial charge in [-0.25, -0.2) is 9.88 Å². The first-order valence-corrected chi connectivity index (χ1v) is 8.30. The normalized spacial score (nSPS) is 21.6. The average Bonchev–Trinajstić information content (AvgIpc) is 3.01. The fourth-order valence-electron chi connectivity index (χ4n) is 2.76. The molecule has 6 heteroatoms. The predicted octanol–water partition coefficient (Wildman–Crippen LogP) is 3.82. The third kappa shape index (κ3) is 3.35. The Balaban J connectivity index is 1.85. The van der Waals surface area contributed by atoms with Gasteiger partial charge in [0, 0.05) is 11.0 Å². The van der Waals surface area contributed by atoms with Gasteiger partial charge in [-0.15, -0.1) is 0 Å². The largest absolute Gasteiger partial charge is 0.439 e. The Labute approximate surface area is 138 Å². The lowest BCUT2D eigenvalue weighted by Gasteiger charge is -2.32. The summed E-state index contributed by atoms with van der Waals surface area (Å²) < 4.78 is 12.5. The van der Waals surface area contributed by atoms with Gasteiger partial charge in [-0.1, -0.05) is 15.9 Å². The molecule has 2 heterocycles. The lowest BCUT2D eigenvalue weighted by atomic mass is 10.2. The van der Waals surface area contributed by atoms with Crippen molar-refractivity contribution in [1.82, 2.24) is 9.88 Å². The highest BCUT2D eigenvalue weighted by molar-refractivity contribution is 9.10. The van der Waals surface area contributed by atoms with Crippen LogP contribution >= 0.6 is 15.9 Å². The molecular weight excluding hydrogens is 348 g/mol. The zero-order chi connectivity index (χ0) is 15.9. The summed E-state index contributed by atoms with van der Waals surface area (Å²) >= 11 is 3.44. The van der Waals surface area contributed by atoms with E-state index in [1.165, 1.54) is 0 Å². The van der Waals surface area contributed by atoms with Crippen LogP contribution in [0.25, 0.3) is 11.1 Å². The lowest BCUT2D eigenvalue weighted by molar-refractivity contribution is -0.244. The summed E-state index contributed by atoms with van der Waals surface area (Å²) in [6, 6.07) is 5.71. The van der Waals surface area contributed by atoms with E-state index in [0.29, 0.717) is 5.89 Å². The maximum atomic E-state index is 10.4. The van der Waals surface area contributed by atoms with Crippen LogP contribution < -0.4 is 0 Å². The summed E-state index contributed by atoms with van der Waals surface area (Å²) in [6.45, 7) is 6.55. The van der Waals surface area contributed by atoms with Gasteiger partial charge in [-0.05, 0) is 51.8 Å². The quantitative estimate of drug-likeness (QED) is 0.834. The Morgan fingerprint density at radius 1 is 1.45 bits per heavy atom. The molecule has 22 heavy (non-hydrogen) atoms. The van der Waals surface area contributed by atoms with Crippen LogP contribution in [-0.4, -0.2) is 33.6 Å². The topological polar surface area (TPSA) is 58.7 Å². The minimum atomic E-state index is -0.950. The monoisotopic (exact) mass is 368 g/mol. The van der Waals surface area contributed by atoms with Crippen molar-refractivity contribution in [2.75, 3.05) is 6.54 Å². The third-order valence-electron chi connectivity index (χ3n) is 3.69. The lowest BCUT2D eigenvalue weighted by Crippen LogP contribution is -2.41. The Morgan fingerprint density at radius 2 is 2.23 bits per heavy atom. The number of hydrogen-bond acceptors (Lipinski definition) is 5. The highest BCUT2D eigenvalue weighted by Gasteiger charge is 2.36. The van der Waals surface area contributed by atoms with Crippen LogP contribution in [0, 0.1) is 0 Å². The van der Waals surface area contributed by atoms with E-state index in [2.05, 4.69) is 20.9 Å². The Bertz CT molecular complexity index is 665. The molecule has 0 aliphatic carbocycles. The van der Waals surface area contributed by atoms with E-state index in [9.17, 15) is 5.11 Å². The van der Waals surface area contributed by atoms with Crippen molar-refractivity contribution in [1.29, 1.82) is 0 Å². The number of likely N-dealkylation sites (tertiary alicyclic amines) is 1. The summed E-state index contributed by atoms with van der Waals surface area (Å²) in [5.41, 5.74) is 1.18. The molecule has 120 valence electrons. The number of ether oxygens (including phenoxy) is 1. The van der Waals surface area contributed by atoms with Gasteiger partial charge in [0.1, 0.15) is 5.52 Å². The molecule has 1 aliphatic rings. The molecule has 1 N–H and O–H groups in total. The molecule has 1 aromatic heterocycles. The Hall–Kier alpha value is -0.950. The third-order valence-corrected chi connectivity index (χ3v) is 4.18. The molecule has 3 rings (SSSR count). The van der Waals surface area contributed by atoms with Crippen molar-refractivity contribution in [2.45, 2.75) is 51.7 Å². The fourth-order valence-corrected chi connectivity index (χ4v) is 3.11. The molecule has 1 unspecified atom stereocenters. The zero-order valence-corrected chi connectivity index (χ0v) is 14.6. The first kappa shape index (κ1) is 15.9. The maximum Gasteiger partial charge on any atom is 0.217 e. The van der Waals surface area contributed by atoms with Crippen molar-refractivity contribution in [3.05, 3.63) is 28.6 Å². The van der Waals surface area contributed by atoms with Crippen molar-refractivity contribution < 1.29 is 14.3 Å². The molecule has 0 spiro atoms. The molecule has 0 amide bonds. The van der Waals surface area contributed by atoms with E-state index in [0.717, 1.165) is 35.0 Å². The standard InChI is InChI=1S/C16H21BrN2O3/c1-16(2,3)22-15(20)19-8-4-5-12(19)14-18-11-9-10(17)6-7-13(11)21-14/h6-7,9,12,15,20H,4-5,8H2,1-3H3/t12-,15?/m0/s1. The second-order valence-electron chi connectivity index (χ2n) is 6.62. The number of benzene rings is 1. The van der Waals surface area contributed by atoms with Crippen molar-refractivity contribution >= 4 is 27.0 Å². The van der Waals surface area contributed by atoms with Gasteiger partial charge in [0.15, 0.2) is 5.58 Å². The number of hydrogen-bond donors (Lipinski definition) is 1. The number of aliphatic hydroxyl groups excluding tert-OH is 1. The van der Waals surface area contributed by atoms with Crippen LogP contribution in [0.5, 0.6) is 0 Å². The summed E-state index contributed by atoms with van der Waals surface area (Å²) in [6.07, 6.45) is 0.935. The first-order chi connectivity index (χ1) is 10.3. The van der Waals surface area contributed by atoms with Crippen molar-refractivity contribution in [3.8, 4) is 0 Å². The van der Waals surface area contributed by atoms with Crippen LogP contribution in [0.15, 0.2) is 27.1 Å². The molecule has 0 radical (unpaired) electrons. The second kappa shape index (κ2) is 5.92. The van der Waals surface area contributed by atoms with E-state index in [4.69, 9.17) is 9.15 Å². The number of oxazole rings is 1. The molecular formula is C16H21BrN2O3. The molecule has 2 atom stereocenters. The zero-order valence-electron chi connectivity index (χ0n) is 13.0. The number of aromatic nitrogens is 1. The van der Waals surface area contributed by atoms with Gasteiger partial charge >= 0.3 is 0 Å². The Morgan fingerprint density at radius 3 is 2.95 bits per heavy atom. The van der Waals surface area contributed by atoms with Crippen LogP contribution in [-0.2, 0) is 4.74 Å². The number of aliphatic hydroxyl groups is 1. The van der Waals surface area contributed by atoms with E-state index in [-0.39, 0.29) is 6.04 Å². The molecule has 1 fully saturated rings. The Kier molecular flexibility index (Phi) is 4.29. The minimum absolute atomic E-state index is 0.0523. The fraction of sp³-hybridized carbons (Fsp3) is 0.562. The smallest absolute Gasteiger partial charge is 0.217 e. The molecule has 0 saturated carbocycles. The molecule has 2 aromatic rings. The van der Waals surface area contributed by atoms with Crippen molar-refractivity contribution in [2.24, 2.45) is 0 Å². The molecule has 0 bridgehead atoms. The van der Waals surface area contributed by atoms with Crippen molar-refractivity contribution in [3.63, 3.8) is 0 Å². The van der Waals surface area contributed by atoms with E-state index in [1.54, 1.807) is 0 Å². The summed E-state index contributed by atoms with van der Waals surface area (Å²) in [7, 11) is 0. The highest BCUT2D eigenvalue weighted by atomic mass is 79.9. The van der Waals surface area contributed by atoms with Gasteiger partial charge in [0.25, 0.3) is 0 Å². The van der Waals surface area contributed by atoms with Gasteiger partial charge < -0.3 is 14.3 Å². The van der Waals surface area contributed by atoms with Gasteiger partial charge in [0.2, 0.25) is 12.3 Å². The van der Waals surface area contributed by atoms with Crippen LogP contribution in [0.2, 0.25) is 0 Å². The number of fused-ring (bicyclic) bond motifs is 1.